The maximum absolute atomic E-state index is 11.8. The average molecular weight is 253 g/mol. The predicted molar refractivity (Wildman–Crippen MR) is 77.5 cm³/mol. The number of nitrogens with one attached hydrogen (secondary N) is 1. The lowest BCUT2D eigenvalue weighted by Gasteiger charge is -2.04. The topological polar surface area (TPSA) is 68.0 Å². The maximum Gasteiger partial charge on any atom is 0.248 e. The number of aromatic nitrogens is 1. The van der Waals surface area contributed by atoms with Gasteiger partial charge in [-0.25, -0.2) is 0 Å². The molecule has 2 aromatic rings. The summed E-state index contributed by atoms with van der Waals surface area (Å²) in [4.78, 5) is 15.9. The number of carbonyl (C=O) groups is 1. The van der Waals surface area contributed by atoms with Crippen molar-refractivity contribution in [2.75, 3.05) is 11.1 Å². The number of carbonyl (C=O) groups excluding carboxylic acids is 1. The molecule has 0 unspecified atom stereocenters. The van der Waals surface area contributed by atoms with Crippen molar-refractivity contribution in [3.05, 3.63) is 59.9 Å². The van der Waals surface area contributed by atoms with Gasteiger partial charge in [-0.2, -0.15) is 0 Å². The quantitative estimate of drug-likeness (QED) is 0.652. The summed E-state index contributed by atoms with van der Waals surface area (Å²) in [6, 6.07) is 10.9. The minimum Gasteiger partial charge on any atom is -0.399 e. The lowest BCUT2D eigenvalue weighted by Crippen LogP contribution is -2.09. The number of pyridine rings is 1. The Kier molecular flexibility index (Phi) is 3.93. The number of amides is 1. The van der Waals surface area contributed by atoms with Gasteiger partial charge in [-0.1, -0.05) is 12.1 Å². The van der Waals surface area contributed by atoms with Crippen LogP contribution < -0.4 is 11.1 Å². The molecule has 1 aromatic carbocycles. The van der Waals surface area contributed by atoms with E-state index in [0.29, 0.717) is 5.69 Å². The summed E-state index contributed by atoms with van der Waals surface area (Å²) in [6.07, 6.45) is 4.91. The number of benzene rings is 1. The normalized spacial score (nSPS) is 10.6. The first-order chi connectivity index (χ1) is 9.15. The first-order valence-electron chi connectivity index (χ1n) is 5.91. The summed E-state index contributed by atoms with van der Waals surface area (Å²) < 4.78 is 0. The van der Waals surface area contributed by atoms with E-state index in [0.717, 1.165) is 16.9 Å². The lowest BCUT2D eigenvalue weighted by atomic mass is 10.2. The second-order valence-corrected chi connectivity index (χ2v) is 4.13. The highest BCUT2D eigenvalue weighted by Gasteiger charge is 2.01. The minimum absolute atomic E-state index is 0.187. The van der Waals surface area contributed by atoms with Gasteiger partial charge in [-0.15, -0.1) is 0 Å². The van der Waals surface area contributed by atoms with Crippen molar-refractivity contribution in [3.63, 3.8) is 0 Å². The van der Waals surface area contributed by atoms with Crippen molar-refractivity contribution in [3.8, 4) is 0 Å². The molecule has 0 spiro atoms. The van der Waals surface area contributed by atoms with E-state index in [2.05, 4.69) is 10.3 Å². The van der Waals surface area contributed by atoms with Crippen molar-refractivity contribution >= 4 is 23.4 Å². The zero-order chi connectivity index (χ0) is 13.7. The second kappa shape index (κ2) is 5.82. The molecule has 0 radical (unpaired) electrons. The molecule has 0 fully saturated rings. The van der Waals surface area contributed by atoms with Gasteiger partial charge in [0.05, 0.1) is 11.4 Å². The van der Waals surface area contributed by atoms with Gasteiger partial charge < -0.3 is 11.1 Å². The van der Waals surface area contributed by atoms with Crippen molar-refractivity contribution in [1.82, 2.24) is 4.98 Å². The Hall–Kier alpha value is -2.62. The zero-order valence-corrected chi connectivity index (χ0v) is 10.6. The van der Waals surface area contributed by atoms with Gasteiger partial charge in [0.25, 0.3) is 0 Å². The monoisotopic (exact) mass is 253 g/mol. The Morgan fingerprint density at radius 1 is 1.26 bits per heavy atom. The number of hydrogen-bond acceptors (Lipinski definition) is 3. The van der Waals surface area contributed by atoms with Crippen molar-refractivity contribution in [2.24, 2.45) is 0 Å². The van der Waals surface area contributed by atoms with Crippen molar-refractivity contribution in [2.45, 2.75) is 6.92 Å². The Morgan fingerprint density at radius 2 is 2.00 bits per heavy atom. The zero-order valence-electron chi connectivity index (χ0n) is 10.6. The Bertz CT molecular complexity index is 603. The molecule has 4 heteroatoms. The standard InChI is InChI=1S/C15H15N3O/c1-11-14(3-2-10-17-11)18-15(19)9-6-12-4-7-13(16)8-5-12/h2-10H,16H2,1H3,(H,18,19)/b9-6+. The molecule has 0 atom stereocenters. The van der Waals surface area contributed by atoms with Gasteiger partial charge >= 0.3 is 0 Å². The summed E-state index contributed by atoms with van der Waals surface area (Å²) in [5.74, 6) is -0.187. The first-order valence-corrected chi connectivity index (χ1v) is 5.91. The molecule has 3 N–H and O–H groups in total. The number of nitrogens with two attached hydrogens (primary N) is 1. The van der Waals surface area contributed by atoms with Crippen LogP contribution in [0, 0.1) is 6.92 Å². The van der Waals surface area contributed by atoms with Gasteiger partial charge in [0.1, 0.15) is 0 Å². The smallest absolute Gasteiger partial charge is 0.248 e. The number of anilines is 2. The van der Waals surface area contributed by atoms with Crippen LogP contribution in [0.5, 0.6) is 0 Å². The first kappa shape index (κ1) is 12.8. The van der Waals surface area contributed by atoms with E-state index >= 15 is 0 Å². The number of nitrogen functional groups attached to an aromatic ring is 1. The molecule has 0 aliphatic heterocycles. The predicted octanol–water partition coefficient (Wildman–Crippen LogP) is 2.62. The van der Waals surface area contributed by atoms with Gasteiger partial charge in [0.2, 0.25) is 5.91 Å². The number of aryl methyl sites for hydroxylation is 1. The highest BCUT2D eigenvalue weighted by molar-refractivity contribution is 6.02. The van der Waals surface area contributed by atoms with Crippen LogP contribution in [0.15, 0.2) is 48.7 Å². The van der Waals surface area contributed by atoms with Gasteiger partial charge in [-0.3, -0.25) is 9.78 Å². The van der Waals surface area contributed by atoms with Crippen molar-refractivity contribution < 1.29 is 4.79 Å². The molecule has 0 bridgehead atoms. The molecule has 1 heterocycles. The van der Waals surface area contributed by atoms with E-state index in [4.69, 9.17) is 5.73 Å². The fraction of sp³-hybridized carbons (Fsp3) is 0.0667. The van der Waals surface area contributed by atoms with E-state index in [1.807, 2.05) is 25.1 Å². The van der Waals surface area contributed by atoms with Crippen LogP contribution in [0.25, 0.3) is 6.08 Å². The van der Waals surface area contributed by atoms with Crippen LogP contribution in [-0.2, 0) is 4.79 Å². The average Bonchev–Trinajstić information content (AvgIpc) is 2.41. The van der Waals surface area contributed by atoms with E-state index in [9.17, 15) is 4.79 Å². The summed E-state index contributed by atoms with van der Waals surface area (Å²) in [6.45, 7) is 1.85. The highest BCUT2D eigenvalue weighted by Crippen LogP contribution is 2.11. The second-order valence-electron chi connectivity index (χ2n) is 4.13. The van der Waals surface area contributed by atoms with E-state index in [1.165, 1.54) is 6.08 Å². The molecular weight excluding hydrogens is 238 g/mol. The summed E-state index contributed by atoms with van der Waals surface area (Å²) in [5, 5.41) is 2.78. The molecule has 1 aromatic heterocycles. The summed E-state index contributed by atoms with van der Waals surface area (Å²) in [7, 11) is 0. The molecule has 0 saturated heterocycles. The molecule has 0 aliphatic rings. The third-order valence-corrected chi connectivity index (χ3v) is 2.63. The largest absolute Gasteiger partial charge is 0.399 e. The summed E-state index contributed by atoms with van der Waals surface area (Å²) in [5.41, 5.74) is 8.72. The fourth-order valence-corrected chi connectivity index (χ4v) is 1.57. The van der Waals surface area contributed by atoms with E-state index in [-0.39, 0.29) is 5.91 Å². The van der Waals surface area contributed by atoms with Crippen LogP contribution >= 0.6 is 0 Å². The molecule has 0 saturated carbocycles. The van der Waals surface area contributed by atoms with E-state index < -0.39 is 0 Å². The maximum atomic E-state index is 11.8. The van der Waals surface area contributed by atoms with E-state index in [1.54, 1.807) is 30.5 Å². The van der Waals surface area contributed by atoms with Gasteiger partial charge in [0, 0.05) is 18.0 Å². The molecule has 96 valence electrons. The lowest BCUT2D eigenvalue weighted by molar-refractivity contribution is -0.111. The third kappa shape index (κ3) is 3.67. The molecule has 1 amide bonds. The fourth-order valence-electron chi connectivity index (χ4n) is 1.57. The summed E-state index contributed by atoms with van der Waals surface area (Å²) >= 11 is 0. The van der Waals surface area contributed by atoms with Crippen molar-refractivity contribution in [1.29, 1.82) is 0 Å². The molecule has 4 nitrogen and oxygen atoms in total. The molecular formula is C15H15N3O. The van der Waals surface area contributed by atoms with Gasteiger partial charge in [-0.05, 0) is 42.8 Å². The Balaban J connectivity index is 2.02. The van der Waals surface area contributed by atoms with Crippen LogP contribution in [-0.4, -0.2) is 10.9 Å². The number of hydrogen-bond donors (Lipinski definition) is 2. The third-order valence-electron chi connectivity index (χ3n) is 2.63. The Labute approximate surface area is 112 Å². The minimum atomic E-state index is -0.187. The number of nitrogens with zero attached hydrogens (tertiary/aromatic N) is 1. The number of rotatable bonds is 3. The van der Waals surface area contributed by atoms with Crippen LogP contribution in [0.1, 0.15) is 11.3 Å². The molecule has 19 heavy (non-hydrogen) atoms. The molecule has 0 aliphatic carbocycles. The SMILES string of the molecule is Cc1ncccc1NC(=O)/C=C/c1ccc(N)cc1. The highest BCUT2D eigenvalue weighted by atomic mass is 16.1. The molecule has 2 rings (SSSR count). The van der Waals surface area contributed by atoms with Crippen LogP contribution in [0.2, 0.25) is 0 Å². The van der Waals surface area contributed by atoms with Crippen LogP contribution in [0.3, 0.4) is 0 Å². The van der Waals surface area contributed by atoms with Crippen LogP contribution in [0.4, 0.5) is 11.4 Å². The van der Waals surface area contributed by atoms with Gasteiger partial charge in [0.15, 0.2) is 0 Å². The Morgan fingerprint density at radius 3 is 2.68 bits per heavy atom.